The van der Waals surface area contributed by atoms with Crippen molar-refractivity contribution in [3.8, 4) is 6.07 Å². The highest BCUT2D eigenvalue weighted by Gasteiger charge is 2.15. The second-order valence-corrected chi connectivity index (χ2v) is 4.06. The maximum Gasteiger partial charge on any atom is 0.0781 e. The van der Waals surface area contributed by atoms with Crippen LogP contribution in [0.1, 0.15) is 31.9 Å². The molecule has 0 heterocycles. The van der Waals surface area contributed by atoms with Gasteiger partial charge in [-0.05, 0) is 19.9 Å². The van der Waals surface area contributed by atoms with E-state index in [-0.39, 0.29) is 6.04 Å². The van der Waals surface area contributed by atoms with Crippen molar-refractivity contribution >= 4 is 5.69 Å². The molecule has 1 unspecified atom stereocenters. The topological polar surface area (TPSA) is 47.3 Å². The lowest BCUT2D eigenvalue weighted by molar-refractivity contribution is 0.199. The highest BCUT2D eigenvalue weighted by Crippen LogP contribution is 2.26. The Kier molecular flexibility index (Phi) is 4.33. The third kappa shape index (κ3) is 2.74. The van der Waals surface area contributed by atoms with Crippen LogP contribution in [0.5, 0.6) is 0 Å². The second kappa shape index (κ2) is 5.53. The fraction of sp³-hybridized carbons (Fsp3) is 0.462. The van der Waals surface area contributed by atoms with E-state index in [0.29, 0.717) is 6.42 Å². The van der Waals surface area contributed by atoms with E-state index in [1.807, 2.05) is 43.1 Å². The Hall–Kier alpha value is -1.53. The Morgan fingerprint density at radius 2 is 2.00 bits per heavy atom. The van der Waals surface area contributed by atoms with Crippen LogP contribution in [0.4, 0.5) is 5.69 Å². The van der Waals surface area contributed by atoms with Crippen LogP contribution in [0.15, 0.2) is 24.3 Å². The first-order chi connectivity index (χ1) is 7.57. The molecule has 0 amide bonds. The van der Waals surface area contributed by atoms with E-state index in [4.69, 9.17) is 5.26 Å². The van der Waals surface area contributed by atoms with Gasteiger partial charge in [0.25, 0.3) is 0 Å². The van der Waals surface area contributed by atoms with Gasteiger partial charge < -0.3 is 10.0 Å². The minimum atomic E-state index is -0.493. The zero-order chi connectivity index (χ0) is 12.1. The zero-order valence-electron chi connectivity index (χ0n) is 10.0. The van der Waals surface area contributed by atoms with Crippen molar-refractivity contribution < 1.29 is 5.11 Å². The molecule has 0 bridgehead atoms. The van der Waals surface area contributed by atoms with Gasteiger partial charge in [0.05, 0.1) is 18.6 Å². The summed E-state index contributed by atoms with van der Waals surface area (Å²) in [5.74, 6) is 0. The molecule has 1 aromatic carbocycles. The van der Waals surface area contributed by atoms with Gasteiger partial charge in [0, 0.05) is 24.3 Å². The van der Waals surface area contributed by atoms with Gasteiger partial charge in [-0.25, -0.2) is 0 Å². The fourth-order valence-electron chi connectivity index (χ4n) is 1.67. The molecule has 0 aliphatic heterocycles. The number of benzene rings is 1. The summed E-state index contributed by atoms with van der Waals surface area (Å²) < 4.78 is 0. The Morgan fingerprint density at radius 1 is 1.38 bits per heavy atom. The molecule has 0 aliphatic rings. The molecular weight excluding hydrogens is 200 g/mol. The van der Waals surface area contributed by atoms with E-state index in [2.05, 4.69) is 6.07 Å². The molecule has 3 heteroatoms. The Bertz CT molecular complexity index is 382. The number of aliphatic hydroxyl groups excluding tert-OH is 1. The standard InChI is InChI=1S/C13H18N2O/c1-10(8-9-14)15(3)13-7-5-4-6-12(13)11(2)16/h4-7,10-11,16H,8H2,1-3H3/t10?,11-/m0/s1. The summed E-state index contributed by atoms with van der Waals surface area (Å²) in [6.45, 7) is 3.75. The molecule has 0 radical (unpaired) electrons. The first-order valence-electron chi connectivity index (χ1n) is 5.44. The zero-order valence-corrected chi connectivity index (χ0v) is 10.0. The number of aliphatic hydroxyl groups is 1. The van der Waals surface area contributed by atoms with Crippen molar-refractivity contribution in [1.29, 1.82) is 5.26 Å². The van der Waals surface area contributed by atoms with Crippen molar-refractivity contribution in [2.24, 2.45) is 0 Å². The lowest BCUT2D eigenvalue weighted by Crippen LogP contribution is -2.29. The van der Waals surface area contributed by atoms with Crippen LogP contribution >= 0.6 is 0 Å². The van der Waals surface area contributed by atoms with E-state index in [1.165, 1.54) is 0 Å². The van der Waals surface area contributed by atoms with Crippen LogP contribution in [0.25, 0.3) is 0 Å². The lowest BCUT2D eigenvalue weighted by Gasteiger charge is -2.28. The van der Waals surface area contributed by atoms with Gasteiger partial charge in [-0.1, -0.05) is 18.2 Å². The van der Waals surface area contributed by atoms with Crippen LogP contribution in [-0.2, 0) is 0 Å². The average molecular weight is 218 g/mol. The van der Waals surface area contributed by atoms with Crippen molar-refractivity contribution in [2.45, 2.75) is 32.4 Å². The number of para-hydroxylation sites is 1. The predicted octanol–water partition coefficient (Wildman–Crippen LogP) is 2.48. The first-order valence-corrected chi connectivity index (χ1v) is 5.44. The quantitative estimate of drug-likeness (QED) is 0.844. The minimum Gasteiger partial charge on any atom is -0.389 e. The molecule has 0 saturated heterocycles. The monoisotopic (exact) mass is 218 g/mol. The maximum absolute atomic E-state index is 9.67. The van der Waals surface area contributed by atoms with Gasteiger partial charge in [0.2, 0.25) is 0 Å². The fourth-order valence-corrected chi connectivity index (χ4v) is 1.67. The molecule has 0 aromatic heterocycles. The second-order valence-electron chi connectivity index (χ2n) is 4.06. The Morgan fingerprint density at radius 3 is 2.56 bits per heavy atom. The minimum absolute atomic E-state index is 0.143. The summed E-state index contributed by atoms with van der Waals surface area (Å²) in [5, 5.41) is 18.4. The normalized spacial score (nSPS) is 13.9. The highest BCUT2D eigenvalue weighted by atomic mass is 16.3. The molecule has 0 spiro atoms. The maximum atomic E-state index is 9.67. The SMILES string of the molecule is CC(CC#N)N(C)c1ccccc1[C@H](C)O. The summed E-state index contributed by atoms with van der Waals surface area (Å²) in [6, 6.07) is 10.0. The molecule has 1 rings (SSSR count). The summed E-state index contributed by atoms with van der Waals surface area (Å²) in [7, 11) is 1.95. The van der Waals surface area contributed by atoms with Gasteiger partial charge in [-0.3, -0.25) is 0 Å². The largest absolute Gasteiger partial charge is 0.389 e. The number of nitriles is 1. The first kappa shape index (κ1) is 12.5. The third-order valence-corrected chi connectivity index (χ3v) is 2.81. The molecule has 3 nitrogen and oxygen atoms in total. The molecule has 0 saturated carbocycles. The summed E-state index contributed by atoms with van der Waals surface area (Å²) in [6.07, 6.45) is -0.0158. The van der Waals surface area contributed by atoms with E-state index < -0.39 is 6.10 Å². The van der Waals surface area contributed by atoms with Gasteiger partial charge >= 0.3 is 0 Å². The number of hydrogen-bond donors (Lipinski definition) is 1. The molecule has 1 aromatic rings. The van der Waals surface area contributed by atoms with Gasteiger partial charge in [0.15, 0.2) is 0 Å². The van der Waals surface area contributed by atoms with Crippen LogP contribution in [-0.4, -0.2) is 18.2 Å². The molecule has 86 valence electrons. The molecule has 2 atom stereocenters. The molecule has 0 aliphatic carbocycles. The number of hydrogen-bond acceptors (Lipinski definition) is 3. The van der Waals surface area contributed by atoms with Crippen LogP contribution < -0.4 is 4.90 Å². The Labute approximate surface area is 96.9 Å². The van der Waals surface area contributed by atoms with Gasteiger partial charge in [-0.15, -0.1) is 0 Å². The lowest BCUT2D eigenvalue weighted by atomic mass is 10.1. The molecule has 0 fully saturated rings. The Balaban J connectivity index is 2.99. The molecule has 16 heavy (non-hydrogen) atoms. The molecular formula is C13H18N2O. The van der Waals surface area contributed by atoms with E-state index in [1.54, 1.807) is 6.92 Å². The van der Waals surface area contributed by atoms with E-state index in [9.17, 15) is 5.11 Å². The summed E-state index contributed by atoms with van der Waals surface area (Å²) in [5.41, 5.74) is 1.88. The van der Waals surface area contributed by atoms with Crippen molar-refractivity contribution in [3.63, 3.8) is 0 Å². The van der Waals surface area contributed by atoms with Crippen molar-refractivity contribution in [1.82, 2.24) is 0 Å². The third-order valence-electron chi connectivity index (χ3n) is 2.81. The predicted molar refractivity (Wildman–Crippen MR) is 65.2 cm³/mol. The van der Waals surface area contributed by atoms with E-state index >= 15 is 0 Å². The number of nitrogens with zero attached hydrogens (tertiary/aromatic N) is 2. The van der Waals surface area contributed by atoms with Gasteiger partial charge in [-0.2, -0.15) is 5.26 Å². The summed E-state index contributed by atoms with van der Waals surface area (Å²) >= 11 is 0. The van der Waals surface area contributed by atoms with Crippen LogP contribution in [0.3, 0.4) is 0 Å². The van der Waals surface area contributed by atoms with Crippen molar-refractivity contribution in [3.05, 3.63) is 29.8 Å². The average Bonchev–Trinajstić information content (AvgIpc) is 2.28. The van der Waals surface area contributed by atoms with Gasteiger partial charge in [0.1, 0.15) is 0 Å². The van der Waals surface area contributed by atoms with E-state index in [0.717, 1.165) is 11.3 Å². The number of rotatable bonds is 4. The van der Waals surface area contributed by atoms with Crippen LogP contribution in [0, 0.1) is 11.3 Å². The smallest absolute Gasteiger partial charge is 0.0781 e. The molecule has 1 N–H and O–H groups in total. The number of anilines is 1. The summed E-state index contributed by atoms with van der Waals surface area (Å²) in [4.78, 5) is 2.03. The van der Waals surface area contributed by atoms with Crippen molar-refractivity contribution in [2.75, 3.05) is 11.9 Å². The van der Waals surface area contributed by atoms with Crippen LogP contribution in [0.2, 0.25) is 0 Å². The highest BCUT2D eigenvalue weighted by molar-refractivity contribution is 5.54.